The summed E-state index contributed by atoms with van der Waals surface area (Å²) in [4.78, 5) is 20.6. The summed E-state index contributed by atoms with van der Waals surface area (Å²) in [5.74, 6) is -1.07. The van der Waals surface area contributed by atoms with E-state index in [0.717, 1.165) is 18.2 Å². The minimum Gasteiger partial charge on any atom is -0.453 e. The Bertz CT molecular complexity index is 690. The second kappa shape index (κ2) is 5.66. The van der Waals surface area contributed by atoms with Crippen LogP contribution in [0.3, 0.4) is 0 Å². The number of benzene rings is 2. The van der Waals surface area contributed by atoms with E-state index in [1.165, 1.54) is 18.2 Å². The molecule has 0 radical (unpaired) electrons. The summed E-state index contributed by atoms with van der Waals surface area (Å²) in [5.41, 5.74) is -0.205. The van der Waals surface area contributed by atoms with Crippen LogP contribution in [0.4, 0.5) is 10.1 Å². The largest absolute Gasteiger partial charge is 0.453 e. The molecule has 0 saturated heterocycles. The van der Waals surface area contributed by atoms with E-state index < -0.39 is 16.4 Å². The van der Waals surface area contributed by atoms with Crippen LogP contribution in [0.2, 0.25) is 5.02 Å². The Hall–Kier alpha value is -2.47. The quantitative estimate of drug-likeness (QED) is 0.486. The van der Waals surface area contributed by atoms with E-state index in [1.54, 1.807) is 0 Å². The van der Waals surface area contributed by atoms with Crippen LogP contribution in [-0.4, -0.2) is 11.2 Å². The van der Waals surface area contributed by atoms with Gasteiger partial charge in [-0.1, -0.05) is 11.6 Å². The zero-order valence-corrected chi connectivity index (χ0v) is 10.6. The Balaban J connectivity index is 2.37. The zero-order chi connectivity index (χ0) is 14.7. The monoisotopic (exact) mass is 295 g/mol. The Morgan fingerprint density at radius 2 is 1.95 bits per heavy atom. The van der Waals surface area contributed by atoms with Crippen LogP contribution in [0.5, 0.6) is 11.5 Å². The van der Waals surface area contributed by atoms with Gasteiger partial charge in [-0.3, -0.25) is 14.9 Å². The van der Waals surface area contributed by atoms with Crippen molar-refractivity contribution in [2.24, 2.45) is 0 Å². The molecular weight excluding hydrogens is 289 g/mol. The zero-order valence-electron chi connectivity index (χ0n) is 9.88. The average molecular weight is 296 g/mol. The minimum atomic E-state index is -0.906. The maximum Gasteiger partial charge on any atom is 0.272 e. The maximum atomic E-state index is 13.7. The summed E-state index contributed by atoms with van der Waals surface area (Å²) < 4.78 is 18.9. The number of nitro groups is 1. The van der Waals surface area contributed by atoms with Gasteiger partial charge in [-0.25, -0.2) is 4.39 Å². The van der Waals surface area contributed by atoms with E-state index in [-0.39, 0.29) is 17.1 Å². The van der Waals surface area contributed by atoms with Gasteiger partial charge in [0.1, 0.15) is 5.75 Å². The Morgan fingerprint density at radius 3 is 2.55 bits per heavy atom. The average Bonchev–Trinajstić information content (AvgIpc) is 2.41. The number of nitrogens with zero attached hydrogens (tertiary/aromatic N) is 1. The lowest BCUT2D eigenvalue weighted by Crippen LogP contribution is -1.94. The minimum absolute atomic E-state index is 0.0697. The second-order valence-electron chi connectivity index (χ2n) is 3.77. The van der Waals surface area contributed by atoms with E-state index in [1.807, 2.05) is 0 Å². The lowest BCUT2D eigenvalue weighted by molar-refractivity contribution is -0.385. The third-order valence-electron chi connectivity index (χ3n) is 2.45. The van der Waals surface area contributed by atoms with Crippen LogP contribution < -0.4 is 4.74 Å². The molecule has 0 aliphatic carbocycles. The highest BCUT2D eigenvalue weighted by Crippen LogP contribution is 2.30. The topological polar surface area (TPSA) is 69.4 Å². The Labute approximate surface area is 117 Å². The summed E-state index contributed by atoms with van der Waals surface area (Å²) in [6.07, 6.45) is 0.537. The van der Waals surface area contributed by atoms with Crippen LogP contribution in [-0.2, 0) is 0 Å². The first-order valence-electron chi connectivity index (χ1n) is 5.38. The van der Waals surface area contributed by atoms with Crippen LogP contribution in [0.25, 0.3) is 0 Å². The standard InChI is InChI=1S/C13H7ClFNO4/c14-9-2-1-8(7-17)13(5-9)20-12-4-3-10(16(18)19)6-11(12)15/h1-7H. The molecule has 0 heterocycles. The van der Waals surface area contributed by atoms with Gasteiger partial charge in [0.25, 0.3) is 5.69 Å². The van der Waals surface area contributed by atoms with Crippen LogP contribution in [0, 0.1) is 15.9 Å². The number of carbonyl (C=O) groups is 1. The molecule has 0 saturated carbocycles. The molecule has 0 fully saturated rings. The molecule has 0 amide bonds. The van der Waals surface area contributed by atoms with E-state index >= 15 is 0 Å². The number of rotatable bonds is 4. The lowest BCUT2D eigenvalue weighted by Gasteiger charge is -2.09. The van der Waals surface area contributed by atoms with Crippen molar-refractivity contribution in [3.63, 3.8) is 0 Å². The number of nitro benzene ring substituents is 1. The van der Waals surface area contributed by atoms with Crippen molar-refractivity contribution in [3.05, 3.63) is 62.9 Å². The Kier molecular flexibility index (Phi) is 3.95. The highest BCUT2D eigenvalue weighted by Gasteiger charge is 2.14. The van der Waals surface area contributed by atoms with E-state index in [2.05, 4.69) is 0 Å². The molecule has 2 aromatic carbocycles. The fourth-order valence-electron chi connectivity index (χ4n) is 1.50. The molecule has 0 aliphatic rings. The highest BCUT2D eigenvalue weighted by molar-refractivity contribution is 6.30. The SMILES string of the molecule is O=Cc1ccc(Cl)cc1Oc1ccc([N+](=O)[O-])cc1F. The number of aldehydes is 1. The van der Waals surface area contributed by atoms with Gasteiger partial charge in [-0.05, 0) is 18.2 Å². The molecule has 5 nitrogen and oxygen atoms in total. The number of hydrogen-bond donors (Lipinski definition) is 0. The smallest absolute Gasteiger partial charge is 0.272 e. The Morgan fingerprint density at radius 1 is 1.20 bits per heavy atom. The summed E-state index contributed by atoms with van der Waals surface area (Å²) in [7, 11) is 0. The number of halogens is 2. The first-order chi connectivity index (χ1) is 9.51. The maximum absolute atomic E-state index is 13.7. The molecule has 0 bridgehead atoms. The van der Waals surface area contributed by atoms with Crippen LogP contribution in [0.15, 0.2) is 36.4 Å². The highest BCUT2D eigenvalue weighted by atomic mass is 35.5. The predicted octanol–water partition coefficient (Wildman–Crippen LogP) is 3.99. The predicted molar refractivity (Wildman–Crippen MR) is 70.0 cm³/mol. The van der Waals surface area contributed by atoms with Crippen molar-refractivity contribution in [1.29, 1.82) is 0 Å². The molecule has 20 heavy (non-hydrogen) atoms. The second-order valence-corrected chi connectivity index (χ2v) is 4.21. The molecule has 0 atom stereocenters. The number of ether oxygens (including phenoxy) is 1. The number of hydrogen-bond acceptors (Lipinski definition) is 4. The van der Waals surface area contributed by atoms with Gasteiger partial charge in [0, 0.05) is 17.2 Å². The fraction of sp³-hybridized carbons (Fsp3) is 0. The molecule has 0 spiro atoms. The van der Waals surface area contributed by atoms with E-state index in [0.29, 0.717) is 11.3 Å². The third kappa shape index (κ3) is 2.92. The van der Waals surface area contributed by atoms with Gasteiger partial charge in [0.2, 0.25) is 0 Å². The van der Waals surface area contributed by atoms with Crippen molar-refractivity contribution in [3.8, 4) is 11.5 Å². The first-order valence-corrected chi connectivity index (χ1v) is 5.75. The molecule has 2 rings (SSSR count). The van der Waals surface area contributed by atoms with Crippen molar-refractivity contribution in [2.45, 2.75) is 0 Å². The van der Waals surface area contributed by atoms with Gasteiger partial charge in [0.15, 0.2) is 17.9 Å². The summed E-state index contributed by atoms with van der Waals surface area (Å²) in [6.45, 7) is 0. The molecule has 0 aliphatic heterocycles. The molecular formula is C13H7ClFNO4. The van der Waals surface area contributed by atoms with Crippen molar-refractivity contribution >= 4 is 23.6 Å². The van der Waals surface area contributed by atoms with E-state index in [9.17, 15) is 19.3 Å². The number of non-ortho nitro benzene ring substituents is 1. The van der Waals surface area contributed by atoms with Crippen molar-refractivity contribution in [2.75, 3.05) is 0 Å². The van der Waals surface area contributed by atoms with Crippen molar-refractivity contribution < 1.29 is 18.8 Å². The van der Waals surface area contributed by atoms with Gasteiger partial charge in [-0.2, -0.15) is 0 Å². The van der Waals surface area contributed by atoms with Crippen LogP contribution in [0.1, 0.15) is 10.4 Å². The summed E-state index contributed by atoms with van der Waals surface area (Å²) in [6, 6.07) is 7.22. The van der Waals surface area contributed by atoms with E-state index in [4.69, 9.17) is 16.3 Å². The summed E-state index contributed by atoms with van der Waals surface area (Å²) >= 11 is 5.77. The molecule has 0 N–H and O–H groups in total. The van der Waals surface area contributed by atoms with Crippen LogP contribution >= 0.6 is 11.6 Å². The van der Waals surface area contributed by atoms with Gasteiger partial charge in [-0.15, -0.1) is 0 Å². The molecule has 102 valence electrons. The summed E-state index contributed by atoms with van der Waals surface area (Å²) in [5, 5.41) is 10.8. The normalized spacial score (nSPS) is 10.1. The van der Waals surface area contributed by atoms with Crippen molar-refractivity contribution in [1.82, 2.24) is 0 Å². The number of carbonyl (C=O) groups excluding carboxylic acids is 1. The van der Waals surface area contributed by atoms with Gasteiger partial charge in [0.05, 0.1) is 16.6 Å². The molecule has 2 aromatic rings. The van der Waals surface area contributed by atoms with Gasteiger partial charge >= 0.3 is 0 Å². The fourth-order valence-corrected chi connectivity index (χ4v) is 1.66. The van der Waals surface area contributed by atoms with Gasteiger partial charge < -0.3 is 4.74 Å². The third-order valence-corrected chi connectivity index (χ3v) is 2.68. The molecule has 0 aromatic heterocycles. The lowest BCUT2D eigenvalue weighted by atomic mass is 10.2. The molecule has 0 unspecified atom stereocenters. The molecule has 7 heteroatoms. The first kappa shape index (κ1) is 14.0.